The summed E-state index contributed by atoms with van der Waals surface area (Å²) in [4.78, 5) is 20.0. The molecule has 0 heterocycles. The van der Waals surface area contributed by atoms with Crippen LogP contribution in [0.15, 0.2) is 0 Å². The zero-order chi connectivity index (χ0) is 6.69. The number of rotatable bonds is 3. The lowest BCUT2D eigenvalue weighted by Crippen LogP contribution is -2.23. The Hall–Kier alpha value is -0.660. The van der Waals surface area contributed by atoms with E-state index >= 15 is 0 Å². The second-order valence-electron chi connectivity index (χ2n) is 2.40. The van der Waals surface area contributed by atoms with Crippen LogP contribution in [0.1, 0.15) is 19.3 Å². The summed E-state index contributed by atoms with van der Waals surface area (Å²) in [5, 5.41) is 0. The van der Waals surface area contributed by atoms with Crippen molar-refractivity contribution in [3.63, 3.8) is 0 Å². The van der Waals surface area contributed by atoms with Gasteiger partial charge in [0.1, 0.15) is 0 Å². The van der Waals surface area contributed by atoms with Crippen molar-refractivity contribution in [3.8, 4) is 0 Å². The van der Waals surface area contributed by atoms with Crippen molar-refractivity contribution in [2.45, 2.75) is 19.3 Å². The second-order valence-corrected chi connectivity index (χ2v) is 2.40. The van der Waals surface area contributed by atoms with Crippen molar-refractivity contribution in [3.05, 3.63) is 0 Å². The van der Waals surface area contributed by atoms with Gasteiger partial charge in [0.15, 0.2) is 0 Å². The van der Waals surface area contributed by atoms with Crippen molar-refractivity contribution in [2.24, 2.45) is 11.8 Å². The maximum Gasteiger partial charge on any atom is 0.210 e. The van der Waals surface area contributed by atoms with Gasteiger partial charge in [-0.05, 0) is 18.8 Å². The molecule has 0 N–H and O–H groups in total. The molecule has 1 aliphatic rings. The highest BCUT2D eigenvalue weighted by Crippen LogP contribution is 2.31. The molecule has 0 aromatic rings. The quantitative estimate of drug-likeness (QED) is 0.517. The van der Waals surface area contributed by atoms with Crippen molar-refractivity contribution in [2.75, 3.05) is 0 Å². The highest BCUT2D eigenvalue weighted by atomic mass is 16.1. The van der Waals surface area contributed by atoms with Crippen LogP contribution < -0.4 is 0 Å². The average molecular weight is 124 g/mol. The molecule has 0 spiro atoms. The van der Waals surface area contributed by atoms with Gasteiger partial charge in [-0.3, -0.25) is 9.59 Å². The standard InChI is InChI=1S/C7H8O2/c8-4-7(5-9)6-2-1-3-6/h6-7H,1-3H2. The van der Waals surface area contributed by atoms with Gasteiger partial charge >= 0.3 is 0 Å². The third-order valence-electron chi connectivity index (χ3n) is 1.88. The van der Waals surface area contributed by atoms with E-state index < -0.39 is 5.92 Å². The van der Waals surface area contributed by atoms with Crippen molar-refractivity contribution in [1.29, 1.82) is 0 Å². The molecule has 0 bridgehead atoms. The lowest BCUT2D eigenvalue weighted by Gasteiger charge is -2.25. The molecule has 0 aromatic heterocycles. The summed E-state index contributed by atoms with van der Waals surface area (Å²) in [5.74, 6) is -0.293. The molecular formula is C7H8O2. The van der Waals surface area contributed by atoms with Crippen molar-refractivity contribution < 1.29 is 9.59 Å². The van der Waals surface area contributed by atoms with E-state index in [4.69, 9.17) is 0 Å². The predicted octanol–water partition coefficient (Wildman–Crippen LogP) is 0.622. The SMILES string of the molecule is O=[C]C([C]=O)C1CCC1. The summed E-state index contributed by atoms with van der Waals surface area (Å²) in [7, 11) is 0. The Morgan fingerprint density at radius 1 is 1.22 bits per heavy atom. The first-order valence-electron chi connectivity index (χ1n) is 3.14. The topological polar surface area (TPSA) is 34.1 Å². The van der Waals surface area contributed by atoms with Gasteiger partial charge in [0, 0.05) is 0 Å². The monoisotopic (exact) mass is 124 g/mol. The minimum Gasteiger partial charge on any atom is -0.290 e. The first kappa shape index (κ1) is 6.46. The lowest BCUT2D eigenvalue weighted by molar-refractivity contribution is 0.284. The Bertz CT molecular complexity index is 108. The highest BCUT2D eigenvalue weighted by molar-refractivity contribution is 5.78. The Kier molecular flexibility index (Phi) is 1.98. The minimum atomic E-state index is -0.557. The normalized spacial score (nSPS) is 19.2. The number of carbonyl (C=O) groups excluding carboxylic acids is 2. The molecule has 1 saturated carbocycles. The molecule has 2 radical (unpaired) electrons. The molecule has 0 saturated heterocycles. The lowest BCUT2D eigenvalue weighted by atomic mass is 9.77. The molecule has 1 fully saturated rings. The van der Waals surface area contributed by atoms with E-state index in [0.717, 1.165) is 19.3 Å². The van der Waals surface area contributed by atoms with Crippen LogP contribution in [0.25, 0.3) is 0 Å². The molecule has 9 heavy (non-hydrogen) atoms. The first-order valence-corrected chi connectivity index (χ1v) is 3.14. The summed E-state index contributed by atoms with van der Waals surface area (Å²) in [5.41, 5.74) is 0. The van der Waals surface area contributed by atoms with Gasteiger partial charge in [0.2, 0.25) is 12.6 Å². The maximum absolute atomic E-state index is 9.98. The summed E-state index contributed by atoms with van der Waals surface area (Å²) in [6.45, 7) is 0. The number of hydrogen-bond donors (Lipinski definition) is 0. The smallest absolute Gasteiger partial charge is 0.210 e. The van der Waals surface area contributed by atoms with Gasteiger partial charge in [-0.2, -0.15) is 0 Å². The van der Waals surface area contributed by atoms with Crippen LogP contribution in [0.3, 0.4) is 0 Å². The Morgan fingerprint density at radius 2 is 1.78 bits per heavy atom. The van der Waals surface area contributed by atoms with Gasteiger partial charge in [-0.1, -0.05) is 6.42 Å². The van der Waals surface area contributed by atoms with Crippen LogP contribution in [0.2, 0.25) is 0 Å². The van der Waals surface area contributed by atoms with E-state index in [1.807, 2.05) is 0 Å². The summed E-state index contributed by atoms with van der Waals surface area (Å²) in [6.07, 6.45) is 6.49. The minimum absolute atomic E-state index is 0.264. The Labute approximate surface area is 54.2 Å². The fourth-order valence-electron chi connectivity index (χ4n) is 0.990. The zero-order valence-corrected chi connectivity index (χ0v) is 5.09. The molecule has 2 heteroatoms. The van der Waals surface area contributed by atoms with Crippen LogP contribution in [-0.2, 0) is 9.59 Å². The van der Waals surface area contributed by atoms with Crippen LogP contribution in [-0.4, -0.2) is 12.6 Å². The maximum atomic E-state index is 9.98. The highest BCUT2D eigenvalue weighted by Gasteiger charge is 2.27. The molecule has 0 atom stereocenters. The van der Waals surface area contributed by atoms with Gasteiger partial charge in [0.05, 0.1) is 5.92 Å². The van der Waals surface area contributed by atoms with Crippen molar-refractivity contribution >= 4 is 12.6 Å². The summed E-state index contributed by atoms with van der Waals surface area (Å²) in [6, 6.07) is 0. The van der Waals surface area contributed by atoms with Gasteiger partial charge in [0.25, 0.3) is 0 Å². The van der Waals surface area contributed by atoms with Gasteiger partial charge in [-0.15, -0.1) is 0 Å². The molecule has 0 unspecified atom stereocenters. The fourth-order valence-corrected chi connectivity index (χ4v) is 0.990. The van der Waals surface area contributed by atoms with Crippen LogP contribution in [0.4, 0.5) is 0 Å². The third kappa shape index (κ3) is 1.18. The number of hydrogen-bond acceptors (Lipinski definition) is 2. The third-order valence-corrected chi connectivity index (χ3v) is 1.88. The fraction of sp³-hybridized carbons (Fsp3) is 0.714. The molecule has 1 rings (SSSR count). The first-order chi connectivity index (χ1) is 4.38. The largest absolute Gasteiger partial charge is 0.290 e. The van der Waals surface area contributed by atoms with E-state index in [1.165, 1.54) is 0 Å². The molecule has 0 amide bonds. The summed E-state index contributed by atoms with van der Waals surface area (Å²) < 4.78 is 0. The second kappa shape index (κ2) is 2.76. The van der Waals surface area contributed by atoms with Crippen LogP contribution in [0, 0.1) is 11.8 Å². The summed E-state index contributed by atoms with van der Waals surface area (Å²) >= 11 is 0. The van der Waals surface area contributed by atoms with Gasteiger partial charge in [-0.25, -0.2) is 0 Å². The molecule has 0 aliphatic heterocycles. The van der Waals surface area contributed by atoms with E-state index in [1.54, 1.807) is 12.6 Å². The zero-order valence-electron chi connectivity index (χ0n) is 5.09. The van der Waals surface area contributed by atoms with Crippen molar-refractivity contribution in [1.82, 2.24) is 0 Å². The van der Waals surface area contributed by atoms with E-state index in [9.17, 15) is 9.59 Å². The molecular weight excluding hydrogens is 116 g/mol. The van der Waals surface area contributed by atoms with Gasteiger partial charge < -0.3 is 0 Å². The molecule has 2 nitrogen and oxygen atoms in total. The van der Waals surface area contributed by atoms with E-state index in [-0.39, 0.29) is 5.92 Å². The van der Waals surface area contributed by atoms with Crippen LogP contribution in [0.5, 0.6) is 0 Å². The average Bonchev–Trinajstić information content (AvgIpc) is 1.78. The predicted molar refractivity (Wildman–Crippen MR) is 32.2 cm³/mol. The van der Waals surface area contributed by atoms with E-state index in [2.05, 4.69) is 0 Å². The Morgan fingerprint density at radius 3 is 1.89 bits per heavy atom. The van der Waals surface area contributed by atoms with E-state index in [0.29, 0.717) is 0 Å². The Balaban J connectivity index is 2.35. The molecule has 48 valence electrons. The van der Waals surface area contributed by atoms with Crippen LogP contribution >= 0.6 is 0 Å². The molecule has 1 aliphatic carbocycles. The molecule has 0 aromatic carbocycles.